The zero-order chi connectivity index (χ0) is 26.7. The molecule has 3 aromatic rings. The van der Waals surface area contributed by atoms with E-state index in [1.54, 1.807) is 30.3 Å². The van der Waals surface area contributed by atoms with Gasteiger partial charge in [-0.15, -0.1) is 0 Å². The number of halogens is 1. The monoisotopic (exact) mass is 539 g/mol. The summed E-state index contributed by atoms with van der Waals surface area (Å²) in [5.74, 6) is -1.52. The molecule has 13 heteroatoms. The van der Waals surface area contributed by atoms with E-state index in [-0.39, 0.29) is 22.8 Å². The van der Waals surface area contributed by atoms with Gasteiger partial charge in [-0.1, -0.05) is 35.9 Å². The fourth-order valence-corrected chi connectivity index (χ4v) is 4.28. The SMILES string of the molecule is O=C(Oc1cccc(/C=C2\SC(=O)N(Cc3ccc(Cl)cc3)C2=O)c1)c1cc([N+](=O)[O-])cc([N+](=O)[O-])c1. The number of hydrogen-bond acceptors (Lipinski definition) is 9. The Hall–Kier alpha value is -4.55. The minimum absolute atomic E-state index is 0.0216. The van der Waals surface area contributed by atoms with Gasteiger partial charge in [0.05, 0.1) is 32.9 Å². The molecule has 0 unspecified atom stereocenters. The van der Waals surface area contributed by atoms with Crippen molar-refractivity contribution in [3.63, 3.8) is 0 Å². The average Bonchev–Trinajstić information content (AvgIpc) is 3.12. The summed E-state index contributed by atoms with van der Waals surface area (Å²) in [5, 5.41) is 22.2. The molecule has 0 atom stereocenters. The smallest absolute Gasteiger partial charge is 0.344 e. The number of non-ortho nitro benzene ring substituents is 2. The van der Waals surface area contributed by atoms with Crippen molar-refractivity contribution in [1.82, 2.24) is 4.90 Å². The number of carbonyl (C=O) groups excluding carboxylic acids is 3. The first kappa shape index (κ1) is 25.5. The first-order valence-electron chi connectivity index (χ1n) is 10.4. The third kappa shape index (κ3) is 6.00. The van der Waals surface area contributed by atoms with Crippen LogP contribution in [0.15, 0.2) is 71.6 Å². The molecule has 1 heterocycles. The predicted octanol–water partition coefficient (Wildman–Crippen LogP) is 5.61. The lowest BCUT2D eigenvalue weighted by molar-refractivity contribution is -0.394. The molecule has 0 aliphatic carbocycles. The Kier molecular flexibility index (Phi) is 7.32. The van der Waals surface area contributed by atoms with Crippen molar-refractivity contribution in [2.75, 3.05) is 0 Å². The van der Waals surface area contributed by atoms with Gasteiger partial charge in [0.1, 0.15) is 5.75 Å². The zero-order valence-corrected chi connectivity index (χ0v) is 20.1. The highest BCUT2D eigenvalue weighted by Crippen LogP contribution is 2.34. The summed E-state index contributed by atoms with van der Waals surface area (Å²) in [4.78, 5) is 59.5. The number of amides is 2. The van der Waals surface area contributed by atoms with Gasteiger partial charge < -0.3 is 4.74 Å². The van der Waals surface area contributed by atoms with Crippen LogP contribution in [0.25, 0.3) is 6.08 Å². The lowest BCUT2D eigenvalue weighted by Crippen LogP contribution is -2.27. The standard InChI is InChI=1S/C24H14ClN3O8S/c25-17-6-4-14(5-7-17)13-26-22(29)21(37-24(26)31)9-15-2-1-3-20(8-15)36-23(30)16-10-18(27(32)33)12-19(11-16)28(34)35/h1-12H,13H2/b21-9-. The van der Waals surface area contributed by atoms with E-state index < -0.39 is 38.3 Å². The van der Waals surface area contributed by atoms with Crippen LogP contribution in [0.1, 0.15) is 21.5 Å². The van der Waals surface area contributed by atoms with Gasteiger partial charge in [-0.2, -0.15) is 0 Å². The Labute approximate surface area is 217 Å². The van der Waals surface area contributed by atoms with Crippen LogP contribution in [0.2, 0.25) is 5.02 Å². The van der Waals surface area contributed by atoms with E-state index in [0.717, 1.165) is 40.4 Å². The molecule has 186 valence electrons. The summed E-state index contributed by atoms with van der Waals surface area (Å²) in [6.07, 6.45) is 1.46. The highest BCUT2D eigenvalue weighted by Gasteiger charge is 2.35. The van der Waals surface area contributed by atoms with E-state index in [4.69, 9.17) is 16.3 Å². The molecule has 1 fully saturated rings. The molecular formula is C24H14ClN3O8S. The molecule has 0 radical (unpaired) electrons. The molecule has 3 aromatic carbocycles. The quantitative estimate of drug-likeness (QED) is 0.123. The maximum Gasteiger partial charge on any atom is 0.344 e. The number of esters is 1. The molecule has 0 aromatic heterocycles. The number of benzene rings is 3. The largest absolute Gasteiger partial charge is 0.423 e. The van der Waals surface area contributed by atoms with Crippen LogP contribution in [0.3, 0.4) is 0 Å². The second-order valence-electron chi connectivity index (χ2n) is 7.61. The fourth-order valence-electron chi connectivity index (χ4n) is 3.32. The third-order valence-corrected chi connectivity index (χ3v) is 6.21. The molecule has 0 spiro atoms. The number of rotatable bonds is 7. The van der Waals surface area contributed by atoms with Crippen molar-refractivity contribution in [1.29, 1.82) is 0 Å². The summed E-state index contributed by atoms with van der Waals surface area (Å²) >= 11 is 6.63. The Balaban J connectivity index is 1.52. The maximum absolute atomic E-state index is 12.8. The molecule has 1 saturated heterocycles. The number of nitro groups is 2. The highest BCUT2D eigenvalue weighted by molar-refractivity contribution is 8.18. The summed E-state index contributed by atoms with van der Waals surface area (Å²) in [5.41, 5.74) is -0.487. The van der Waals surface area contributed by atoms with Gasteiger partial charge in [0.2, 0.25) is 0 Å². The van der Waals surface area contributed by atoms with E-state index in [9.17, 15) is 34.6 Å². The van der Waals surface area contributed by atoms with Gasteiger partial charge in [-0.25, -0.2) is 4.79 Å². The van der Waals surface area contributed by atoms with E-state index in [1.807, 2.05) is 0 Å². The topological polar surface area (TPSA) is 150 Å². The summed E-state index contributed by atoms with van der Waals surface area (Å²) < 4.78 is 5.24. The molecule has 2 amide bonds. The van der Waals surface area contributed by atoms with Gasteiger partial charge in [-0.3, -0.25) is 34.7 Å². The Bertz CT molecular complexity index is 1460. The van der Waals surface area contributed by atoms with E-state index in [2.05, 4.69) is 0 Å². The van der Waals surface area contributed by atoms with Crippen LogP contribution in [0.4, 0.5) is 16.2 Å². The molecule has 1 aliphatic rings. The number of hydrogen-bond donors (Lipinski definition) is 0. The first-order valence-corrected chi connectivity index (χ1v) is 11.6. The van der Waals surface area contributed by atoms with E-state index >= 15 is 0 Å². The molecular weight excluding hydrogens is 526 g/mol. The lowest BCUT2D eigenvalue weighted by Gasteiger charge is -2.12. The Morgan fingerprint density at radius 2 is 1.62 bits per heavy atom. The summed E-state index contributed by atoms with van der Waals surface area (Å²) in [6.45, 7) is 0.0756. The Morgan fingerprint density at radius 3 is 2.24 bits per heavy atom. The molecule has 0 bridgehead atoms. The molecule has 1 aliphatic heterocycles. The normalized spacial score (nSPS) is 14.2. The van der Waals surface area contributed by atoms with Crippen LogP contribution < -0.4 is 4.74 Å². The molecule has 37 heavy (non-hydrogen) atoms. The van der Waals surface area contributed by atoms with Gasteiger partial charge in [-0.05, 0) is 53.2 Å². The lowest BCUT2D eigenvalue weighted by atomic mass is 10.1. The highest BCUT2D eigenvalue weighted by atomic mass is 35.5. The van der Waals surface area contributed by atoms with Crippen molar-refractivity contribution >= 4 is 57.9 Å². The first-order chi connectivity index (χ1) is 17.6. The Morgan fingerprint density at radius 1 is 0.973 bits per heavy atom. The van der Waals surface area contributed by atoms with Crippen LogP contribution >= 0.6 is 23.4 Å². The van der Waals surface area contributed by atoms with Crippen LogP contribution in [-0.4, -0.2) is 31.9 Å². The van der Waals surface area contributed by atoms with E-state index in [1.165, 1.54) is 24.3 Å². The van der Waals surface area contributed by atoms with Crippen LogP contribution in [0.5, 0.6) is 5.75 Å². The second-order valence-corrected chi connectivity index (χ2v) is 9.04. The average molecular weight is 540 g/mol. The van der Waals surface area contributed by atoms with E-state index in [0.29, 0.717) is 10.6 Å². The van der Waals surface area contributed by atoms with Crippen molar-refractivity contribution in [3.05, 3.63) is 114 Å². The predicted molar refractivity (Wildman–Crippen MR) is 134 cm³/mol. The number of imide groups is 1. The van der Waals surface area contributed by atoms with Gasteiger partial charge in [0.15, 0.2) is 0 Å². The molecule has 11 nitrogen and oxygen atoms in total. The maximum atomic E-state index is 12.8. The van der Waals surface area contributed by atoms with Crippen LogP contribution in [0, 0.1) is 20.2 Å². The van der Waals surface area contributed by atoms with Crippen molar-refractivity contribution < 1.29 is 29.0 Å². The summed E-state index contributed by atoms with van der Waals surface area (Å²) in [7, 11) is 0. The second kappa shape index (κ2) is 10.6. The minimum atomic E-state index is -1.05. The summed E-state index contributed by atoms with van der Waals surface area (Å²) in [6, 6.07) is 15.2. The van der Waals surface area contributed by atoms with Crippen molar-refractivity contribution in [3.8, 4) is 5.75 Å². The number of nitro benzene ring substituents is 2. The third-order valence-electron chi connectivity index (χ3n) is 5.05. The molecule has 4 rings (SSSR count). The fraction of sp³-hybridized carbons (Fsp3) is 0.0417. The van der Waals surface area contributed by atoms with Crippen molar-refractivity contribution in [2.24, 2.45) is 0 Å². The number of thioether (sulfide) groups is 1. The molecule has 0 saturated carbocycles. The number of carbonyl (C=O) groups is 3. The molecule has 0 N–H and O–H groups in total. The van der Waals surface area contributed by atoms with Gasteiger partial charge in [0, 0.05) is 17.2 Å². The number of nitrogens with zero attached hydrogens (tertiary/aromatic N) is 3. The van der Waals surface area contributed by atoms with Crippen LogP contribution in [-0.2, 0) is 11.3 Å². The zero-order valence-electron chi connectivity index (χ0n) is 18.5. The van der Waals surface area contributed by atoms with Crippen molar-refractivity contribution in [2.45, 2.75) is 6.54 Å². The number of ether oxygens (including phenoxy) is 1. The van der Waals surface area contributed by atoms with Gasteiger partial charge in [0.25, 0.3) is 22.5 Å². The van der Waals surface area contributed by atoms with Gasteiger partial charge >= 0.3 is 5.97 Å². The minimum Gasteiger partial charge on any atom is -0.423 e.